The Labute approximate surface area is 95.9 Å². The molecule has 0 aliphatic heterocycles. The van der Waals surface area contributed by atoms with Gasteiger partial charge in [-0.25, -0.2) is 9.97 Å². The number of benzene rings is 1. The Balaban J connectivity index is 2.59. The fourth-order valence-electron chi connectivity index (χ4n) is 1.94. The van der Waals surface area contributed by atoms with Crippen molar-refractivity contribution in [2.75, 3.05) is 0 Å². The normalized spacial score (nSPS) is 10.8. The van der Waals surface area contributed by atoms with Crippen molar-refractivity contribution in [3.8, 4) is 0 Å². The summed E-state index contributed by atoms with van der Waals surface area (Å²) in [6.45, 7) is 0. The highest BCUT2D eigenvalue weighted by Gasteiger charge is 2.14. The lowest BCUT2D eigenvalue weighted by Gasteiger charge is -2.02. The van der Waals surface area contributed by atoms with Crippen LogP contribution in [0.3, 0.4) is 0 Å². The Morgan fingerprint density at radius 1 is 1.12 bits per heavy atom. The van der Waals surface area contributed by atoms with Crippen LogP contribution in [0.2, 0.25) is 0 Å². The average molecular weight is 225 g/mol. The summed E-state index contributed by atoms with van der Waals surface area (Å²) in [6, 6.07) is 8.51. The summed E-state index contributed by atoms with van der Waals surface area (Å²) in [5.74, 6) is 0. The molecule has 5 heteroatoms. The van der Waals surface area contributed by atoms with Crippen LogP contribution in [-0.4, -0.2) is 14.9 Å². The predicted octanol–water partition coefficient (Wildman–Crippen LogP) is 2.69. The topological polar surface area (TPSA) is 68.9 Å². The third-order valence-electron chi connectivity index (χ3n) is 2.65. The molecule has 2 aromatic heterocycles. The van der Waals surface area contributed by atoms with Gasteiger partial charge in [-0.15, -0.1) is 0 Å². The number of nitro benzene ring substituents is 1. The largest absolute Gasteiger partial charge is 0.277 e. The molecule has 17 heavy (non-hydrogen) atoms. The lowest BCUT2D eigenvalue weighted by atomic mass is 10.1. The third-order valence-corrected chi connectivity index (χ3v) is 2.65. The van der Waals surface area contributed by atoms with Gasteiger partial charge in [0.05, 0.1) is 10.3 Å². The zero-order valence-electron chi connectivity index (χ0n) is 8.70. The van der Waals surface area contributed by atoms with Crippen molar-refractivity contribution in [2.24, 2.45) is 0 Å². The summed E-state index contributed by atoms with van der Waals surface area (Å²) < 4.78 is 0. The molecule has 0 spiro atoms. The highest BCUT2D eigenvalue weighted by Crippen LogP contribution is 2.30. The zero-order chi connectivity index (χ0) is 11.8. The molecule has 5 nitrogen and oxygen atoms in total. The quantitative estimate of drug-likeness (QED) is 0.362. The van der Waals surface area contributed by atoms with Crippen molar-refractivity contribution in [3.63, 3.8) is 0 Å². The van der Waals surface area contributed by atoms with Gasteiger partial charge in [-0.1, -0.05) is 12.1 Å². The molecule has 3 rings (SSSR count). The van der Waals surface area contributed by atoms with Gasteiger partial charge in [0.1, 0.15) is 0 Å². The van der Waals surface area contributed by atoms with Gasteiger partial charge in [-0.2, -0.15) is 0 Å². The summed E-state index contributed by atoms with van der Waals surface area (Å²) in [5, 5.41) is 13.1. The number of nitrogens with zero attached hydrogens (tertiary/aromatic N) is 3. The minimum absolute atomic E-state index is 0.0860. The standard InChI is InChI=1S/C12H7N3O2/c16-15(17)10-5-1-3-8-7-14-12-9(11(8)10)4-2-6-13-12/h1-7H. The first kappa shape index (κ1) is 9.65. The van der Waals surface area contributed by atoms with Crippen molar-refractivity contribution in [1.82, 2.24) is 9.97 Å². The van der Waals surface area contributed by atoms with Crippen molar-refractivity contribution in [2.45, 2.75) is 0 Å². The first-order chi connectivity index (χ1) is 8.27. The van der Waals surface area contributed by atoms with Crippen LogP contribution in [0.1, 0.15) is 0 Å². The molecule has 1 aromatic carbocycles. The van der Waals surface area contributed by atoms with Gasteiger partial charge in [-0.3, -0.25) is 10.1 Å². The number of rotatable bonds is 1. The van der Waals surface area contributed by atoms with E-state index in [2.05, 4.69) is 9.97 Å². The van der Waals surface area contributed by atoms with Gasteiger partial charge in [0.25, 0.3) is 5.69 Å². The smallest absolute Gasteiger partial charge is 0.258 e. The number of non-ortho nitro benzene ring substituents is 1. The fourth-order valence-corrected chi connectivity index (χ4v) is 1.94. The number of hydrogen-bond donors (Lipinski definition) is 0. The number of pyridine rings is 2. The van der Waals surface area contributed by atoms with E-state index in [0.29, 0.717) is 16.4 Å². The van der Waals surface area contributed by atoms with Crippen LogP contribution in [0.15, 0.2) is 42.7 Å². The molecule has 0 radical (unpaired) electrons. The molecule has 0 aliphatic carbocycles. The molecular formula is C12H7N3O2. The summed E-state index contributed by atoms with van der Waals surface area (Å²) in [5.41, 5.74) is 0.609. The van der Waals surface area contributed by atoms with E-state index in [1.165, 1.54) is 6.07 Å². The zero-order valence-corrected chi connectivity index (χ0v) is 8.70. The lowest BCUT2D eigenvalue weighted by molar-refractivity contribution is -0.383. The highest BCUT2D eigenvalue weighted by atomic mass is 16.6. The van der Waals surface area contributed by atoms with Gasteiger partial charge < -0.3 is 0 Å². The molecule has 0 bridgehead atoms. The molecule has 0 amide bonds. The van der Waals surface area contributed by atoms with Crippen LogP contribution in [0.5, 0.6) is 0 Å². The molecular weight excluding hydrogens is 218 g/mol. The van der Waals surface area contributed by atoms with E-state index >= 15 is 0 Å². The summed E-state index contributed by atoms with van der Waals surface area (Å²) in [4.78, 5) is 18.9. The number of hydrogen-bond acceptors (Lipinski definition) is 4. The molecule has 0 aliphatic rings. The predicted molar refractivity (Wildman–Crippen MR) is 63.7 cm³/mol. The van der Waals surface area contributed by atoms with Crippen LogP contribution in [-0.2, 0) is 0 Å². The van der Waals surface area contributed by atoms with Crippen LogP contribution >= 0.6 is 0 Å². The van der Waals surface area contributed by atoms with Gasteiger partial charge in [0, 0.05) is 29.2 Å². The minimum atomic E-state index is -0.380. The van der Waals surface area contributed by atoms with Crippen molar-refractivity contribution < 1.29 is 4.92 Å². The summed E-state index contributed by atoms with van der Waals surface area (Å²) in [6.07, 6.45) is 3.23. The maximum atomic E-state index is 11.0. The Morgan fingerprint density at radius 3 is 2.82 bits per heavy atom. The maximum Gasteiger partial charge on any atom is 0.277 e. The maximum absolute atomic E-state index is 11.0. The summed E-state index contributed by atoms with van der Waals surface area (Å²) in [7, 11) is 0. The lowest BCUT2D eigenvalue weighted by Crippen LogP contribution is -1.92. The number of fused-ring (bicyclic) bond motifs is 3. The molecule has 0 unspecified atom stereocenters. The Bertz CT molecular complexity index is 740. The first-order valence-corrected chi connectivity index (χ1v) is 5.04. The monoisotopic (exact) mass is 225 g/mol. The molecule has 2 heterocycles. The molecule has 0 saturated carbocycles. The Morgan fingerprint density at radius 2 is 2.00 bits per heavy atom. The van der Waals surface area contributed by atoms with E-state index in [4.69, 9.17) is 0 Å². The first-order valence-electron chi connectivity index (χ1n) is 5.04. The average Bonchev–Trinajstić information content (AvgIpc) is 2.37. The Kier molecular flexibility index (Phi) is 1.98. The van der Waals surface area contributed by atoms with E-state index in [9.17, 15) is 10.1 Å². The fraction of sp³-hybridized carbons (Fsp3) is 0. The van der Waals surface area contributed by atoms with Crippen molar-refractivity contribution in [1.29, 1.82) is 0 Å². The van der Waals surface area contributed by atoms with Crippen LogP contribution < -0.4 is 0 Å². The molecule has 0 saturated heterocycles. The van der Waals surface area contributed by atoms with Crippen molar-refractivity contribution >= 4 is 27.5 Å². The van der Waals surface area contributed by atoms with Crippen LogP contribution in [0.25, 0.3) is 21.8 Å². The van der Waals surface area contributed by atoms with Gasteiger partial charge in [0.15, 0.2) is 5.65 Å². The van der Waals surface area contributed by atoms with Gasteiger partial charge in [-0.05, 0) is 12.1 Å². The number of nitro groups is 1. The van der Waals surface area contributed by atoms with E-state index < -0.39 is 0 Å². The molecule has 3 aromatic rings. The minimum Gasteiger partial charge on any atom is -0.258 e. The van der Waals surface area contributed by atoms with E-state index in [1.54, 1.807) is 30.6 Å². The molecule has 0 fully saturated rings. The third kappa shape index (κ3) is 1.40. The van der Waals surface area contributed by atoms with Gasteiger partial charge >= 0.3 is 0 Å². The van der Waals surface area contributed by atoms with E-state index in [1.807, 2.05) is 6.07 Å². The van der Waals surface area contributed by atoms with E-state index in [-0.39, 0.29) is 10.6 Å². The molecule has 82 valence electrons. The second kappa shape index (κ2) is 3.48. The summed E-state index contributed by atoms with van der Waals surface area (Å²) >= 11 is 0. The molecule has 0 N–H and O–H groups in total. The SMILES string of the molecule is O=[N+]([O-])c1cccc2cnc3ncccc3c12. The second-order valence-electron chi connectivity index (χ2n) is 3.63. The van der Waals surface area contributed by atoms with Crippen molar-refractivity contribution in [3.05, 3.63) is 52.8 Å². The van der Waals surface area contributed by atoms with E-state index in [0.717, 1.165) is 5.39 Å². The Hall–Kier alpha value is -2.56. The van der Waals surface area contributed by atoms with Crippen LogP contribution in [0.4, 0.5) is 5.69 Å². The molecule has 0 atom stereocenters. The van der Waals surface area contributed by atoms with Gasteiger partial charge in [0.2, 0.25) is 0 Å². The highest BCUT2D eigenvalue weighted by molar-refractivity contribution is 6.09. The van der Waals surface area contributed by atoms with Crippen LogP contribution in [0, 0.1) is 10.1 Å². The number of aromatic nitrogens is 2. The second-order valence-corrected chi connectivity index (χ2v) is 3.63.